The van der Waals surface area contributed by atoms with Crippen LogP contribution in [0.3, 0.4) is 0 Å². The number of ether oxygens (including phenoxy) is 1. The molecule has 1 aromatic heterocycles. The smallest absolute Gasteiger partial charge is 0.329 e. The fraction of sp³-hybridized carbons (Fsp3) is 0.333. The molecule has 0 saturated carbocycles. The largest absolute Gasteiger partial charge is 0.489 e. The average molecular weight is 407 g/mol. The fourth-order valence-corrected chi connectivity index (χ4v) is 2.96. The van der Waals surface area contributed by atoms with Gasteiger partial charge < -0.3 is 9.64 Å². The van der Waals surface area contributed by atoms with Gasteiger partial charge in [-0.25, -0.2) is 9.78 Å². The molecule has 0 radical (unpaired) electrons. The van der Waals surface area contributed by atoms with Gasteiger partial charge in [-0.05, 0) is 18.6 Å². The second kappa shape index (κ2) is 10.2. The van der Waals surface area contributed by atoms with Crippen molar-refractivity contribution in [1.29, 1.82) is 0 Å². The summed E-state index contributed by atoms with van der Waals surface area (Å²) in [6.45, 7) is 3.28. The van der Waals surface area contributed by atoms with E-state index < -0.39 is 0 Å². The second-order valence-corrected chi connectivity index (χ2v) is 6.04. The SMILES string of the molecule is CCCN(CCOc1c(Cl)cc(Cl)cc1Cl)C(=O)n1ccnc1.[AlH3]. The zero-order valence-corrected chi connectivity index (χ0v) is 14.8. The predicted octanol–water partition coefficient (Wildman–Crippen LogP) is 3.42. The molecule has 130 valence electrons. The highest BCUT2D eigenvalue weighted by molar-refractivity contribution is 6.40. The minimum Gasteiger partial charge on any atom is -0.489 e. The Labute approximate surface area is 166 Å². The Morgan fingerprint density at radius 2 is 1.92 bits per heavy atom. The number of nitrogens with zero attached hydrogens (tertiary/aromatic N) is 3. The van der Waals surface area contributed by atoms with E-state index in [1.807, 2.05) is 6.92 Å². The van der Waals surface area contributed by atoms with Crippen molar-refractivity contribution in [3.63, 3.8) is 0 Å². The highest BCUT2D eigenvalue weighted by atomic mass is 35.5. The van der Waals surface area contributed by atoms with E-state index in [-0.39, 0.29) is 30.0 Å². The van der Waals surface area contributed by atoms with Crippen molar-refractivity contribution in [2.45, 2.75) is 13.3 Å². The van der Waals surface area contributed by atoms with Crippen molar-refractivity contribution in [2.75, 3.05) is 19.7 Å². The van der Waals surface area contributed by atoms with Gasteiger partial charge in [0.15, 0.2) is 23.1 Å². The molecule has 0 unspecified atom stereocenters. The summed E-state index contributed by atoms with van der Waals surface area (Å²) in [7, 11) is 0. The number of rotatable bonds is 6. The van der Waals surface area contributed by atoms with Crippen LogP contribution in [0.1, 0.15) is 13.3 Å². The van der Waals surface area contributed by atoms with Gasteiger partial charge in [0.1, 0.15) is 12.9 Å². The third kappa shape index (κ3) is 5.58. The first kappa shape index (κ1) is 21.1. The Kier molecular flexibility index (Phi) is 8.96. The van der Waals surface area contributed by atoms with Crippen LogP contribution in [0.5, 0.6) is 5.75 Å². The predicted molar refractivity (Wildman–Crippen MR) is 102 cm³/mol. The van der Waals surface area contributed by atoms with Crippen molar-refractivity contribution < 1.29 is 9.53 Å². The third-order valence-electron chi connectivity index (χ3n) is 3.06. The average Bonchev–Trinajstić information content (AvgIpc) is 3.02. The summed E-state index contributed by atoms with van der Waals surface area (Å²) in [6.07, 6.45) is 5.48. The summed E-state index contributed by atoms with van der Waals surface area (Å²) in [4.78, 5) is 17.9. The first-order chi connectivity index (χ1) is 11.0. The number of amides is 1. The summed E-state index contributed by atoms with van der Waals surface area (Å²) >= 11 is 18.0. The van der Waals surface area contributed by atoms with E-state index in [0.29, 0.717) is 33.9 Å². The lowest BCUT2D eigenvalue weighted by molar-refractivity contribution is 0.184. The minimum atomic E-state index is -0.152. The zero-order chi connectivity index (χ0) is 16.8. The minimum absolute atomic E-state index is 0. The van der Waals surface area contributed by atoms with Crippen LogP contribution >= 0.6 is 34.8 Å². The molecule has 0 spiro atoms. The molecule has 2 aromatic rings. The monoisotopic (exact) mass is 405 g/mol. The number of halogens is 3. The molecule has 0 atom stereocenters. The lowest BCUT2D eigenvalue weighted by atomic mass is 10.3. The lowest BCUT2D eigenvalue weighted by Gasteiger charge is -2.22. The van der Waals surface area contributed by atoms with E-state index in [0.717, 1.165) is 6.42 Å². The van der Waals surface area contributed by atoms with Crippen LogP contribution in [0.15, 0.2) is 30.9 Å². The lowest BCUT2D eigenvalue weighted by Crippen LogP contribution is -2.37. The Morgan fingerprint density at radius 1 is 1.25 bits per heavy atom. The first-order valence-corrected chi connectivity index (χ1v) is 8.21. The maximum atomic E-state index is 12.3. The summed E-state index contributed by atoms with van der Waals surface area (Å²) in [6, 6.07) is 2.97. The second-order valence-electron chi connectivity index (χ2n) is 4.79. The van der Waals surface area contributed by atoms with Crippen LogP contribution < -0.4 is 4.74 Å². The maximum Gasteiger partial charge on any atom is 0.329 e. The van der Waals surface area contributed by atoms with Gasteiger partial charge in [-0.15, -0.1) is 0 Å². The Morgan fingerprint density at radius 3 is 2.46 bits per heavy atom. The van der Waals surface area contributed by atoms with Crippen LogP contribution in [0.25, 0.3) is 0 Å². The van der Waals surface area contributed by atoms with Crippen molar-refractivity contribution >= 4 is 58.2 Å². The molecule has 0 fully saturated rings. The van der Waals surface area contributed by atoms with E-state index >= 15 is 0 Å². The van der Waals surface area contributed by atoms with E-state index in [1.54, 1.807) is 29.4 Å². The van der Waals surface area contributed by atoms with Gasteiger partial charge in [-0.3, -0.25) is 4.57 Å². The summed E-state index contributed by atoms with van der Waals surface area (Å²) < 4.78 is 7.05. The van der Waals surface area contributed by atoms with Gasteiger partial charge in [0.2, 0.25) is 0 Å². The Balaban J connectivity index is 0.00000288. The molecule has 1 aromatic carbocycles. The maximum absolute atomic E-state index is 12.3. The molecule has 0 bridgehead atoms. The number of carbonyl (C=O) groups excluding carboxylic acids is 1. The van der Waals surface area contributed by atoms with Crippen LogP contribution in [0, 0.1) is 0 Å². The van der Waals surface area contributed by atoms with Gasteiger partial charge >= 0.3 is 6.03 Å². The molecule has 9 heteroatoms. The molecule has 0 aliphatic heterocycles. The number of carbonyl (C=O) groups is 1. The van der Waals surface area contributed by atoms with E-state index in [4.69, 9.17) is 39.5 Å². The topological polar surface area (TPSA) is 47.4 Å². The quantitative estimate of drug-likeness (QED) is 0.691. The van der Waals surface area contributed by atoms with Crippen LogP contribution in [-0.2, 0) is 0 Å². The normalized spacial score (nSPS) is 10.2. The summed E-state index contributed by atoms with van der Waals surface area (Å²) in [5.74, 6) is 0.365. The molecule has 0 N–H and O–H groups in total. The van der Waals surface area contributed by atoms with E-state index in [9.17, 15) is 4.79 Å². The molecule has 0 saturated heterocycles. The molecule has 2 rings (SSSR count). The number of benzene rings is 1. The third-order valence-corrected chi connectivity index (χ3v) is 3.84. The number of imidazole rings is 1. The van der Waals surface area contributed by atoms with Gasteiger partial charge in [0, 0.05) is 24.0 Å². The van der Waals surface area contributed by atoms with Crippen molar-refractivity contribution in [2.24, 2.45) is 0 Å². The van der Waals surface area contributed by atoms with Crippen molar-refractivity contribution in [1.82, 2.24) is 14.5 Å². The number of hydrogen-bond donors (Lipinski definition) is 0. The van der Waals surface area contributed by atoms with Crippen LogP contribution in [0.4, 0.5) is 4.79 Å². The highest BCUT2D eigenvalue weighted by Gasteiger charge is 2.15. The Hall–Kier alpha value is -0.898. The van der Waals surface area contributed by atoms with E-state index in [1.165, 1.54) is 10.9 Å². The zero-order valence-electron chi connectivity index (χ0n) is 12.5. The van der Waals surface area contributed by atoms with Crippen molar-refractivity contribution in [3.05, 3.63) is 45.9 Å². The highest BCUT2D eigenvalue weighted by Crippen LogP contribution is 2.35. The summed E-state index contributed by atoms with van der Waals surface area (Å²) in [5, 5.41) is 1.12. The molecular formula is C15H19AlCl3N3O2. The molecule has 1 heterocycles. The molecule has 1 amide bonds. The Bertz CT molecular complexity index is 645. The van der Waals surface area contributed by atoms with E-state index in [2.05, 4.69) is 4.98 Å². The molecule has 24 heavy (non-hydrogen) atoms. The molecular weight excluding hydrogens is 388 g/mol. The molecule has 5 nitrogen and oxygen atoms in total. The van der Waals surface area contributed by atoms with Gasteiger partial charge in [0.05, 0.1) is 16.6 Å². The van der Waals surface area contributed by atoms with Crippen molar-refractivity contribution in [3.8, 4) is 5.75 Å². The number of aromatic nitrogens is 2. The van der Waals surface area contributed by atoms with Gasteiger partial charge in [-0.1, -0.05) is 41.7 Å². The van der Waals surface area contributed by atoms with Crippen LogP contribution in [-0.4, -0.2) is 57.5 Å². The number of hydrogen-bond acceptors (Lipinski definition) is 3. The van der Waals surface area contributed by atoms with Gasteiger partial charge in [0.25, 0.3) is 0 Å². The first-order valence-electron chi connectivity index (χ1n) is 7.07. The standard InChI is InChI=1S/C15H16Cl3N3O2.Al.3H/c1-2-4-20(15(22)21-5-3-19-10-21)6-7-23-14-12(17)8-11(16)9-13(14)18;;;;/h3,5,8-10H,2,4,6-7H2,1H3;;;;. The summed E-state index contributed by atoms with van der Waals surface area (Å²) in [5.41, 5.74) is 0. The molecule has 0 aliphatic carbocycles. The molecule has 0 aliphatic rings. The fourth-order valence-electron chi connectivity index (χ4n) is 2.03. The van der Waals surface area contributed by atoms with Gasteiger partial charge in [-0.2, -0.15) is 0 Å². The van der Waals surface area contributed by atoms with Crippen LogP contribution in [0.2, 0.25) is 15.1 Å².